The number of nitrogens with two attached hydrogens (primary N) is 1. The van der Waals surface area contributed by atoms with Crippen LogP contribution in [-0.2, 0) is 23.7 Å². The lowest BCUT2D eigenvalue weighted by Crippen LogP contribution is -2.41. The van der Waals surface area contributed by atoms with E-state index in [2.05, 4.69) is 0 Å². The van der Waals surface area contributed by atoms with Crippen LogP contribution >= 0.6 is 0 Å². The van der Waals surface area contributed by atoms with E-state index in [4.69, 9.17) is 29.8 Å². The van der Waals surface area contributed by atoms with Crippen molar-refractivity contribution < 1.29 is 34.0 Å². The molecule has 41 heavy (non-hydrogen) atoms. The molecule has 0 radical (unpaired) electrons. The van der Waals surface area contributed by atoms with Crippen molar-refractivity contribution in [2.75, 3.05) is 26.4 Å². The lowest BCUT2D eigenvalue weighted by Gasteiger charge is -2.33. The number of allylic oxidation sites excluding steroid dienone is 1. The number of hydrogen-bond acceptors (Lipinski definition) is 8. The van der Waals surface area contributed by atoms with Gasteiger partial charge in [-0.3, -0.25) is 0 Å². The summed E-state index contributed by atoms with van der Waals surface area (Å²) >= 11 is 0. The molecule has 2 aliphatic heterocycles. The number of carbonyl (C=O) groups is 1. The Balaban J connectivity index is 1.42. The van der Waals surface area contributed by atoms with Crippen LogP contribution in [0.4, 0.5) is 0 Å². The van der Waals surface area contributed by atoms with Gasteiger partial charge in [0.05, 0.1) is 38.1 Å². The maximum Gasteiger partial charge on any atom is 0.330 e. The molecule has 8 nitrogen and oxygen atoms in total. The third kappa shape index (κ3) is 15.8. The van der Waals surface area contributed by atoms with Gasteiger partial charge in [-0.05, 0) is 45.4 Å². The molecule has 0 amide bonds. The van der Waals surface area contributed by atoms with E-state index in [0.717, 1.165) is 64.4 Å². The largest absolute Gasteiger partial charge is 0.463 e. The molecule has 2 saturated heterocycles. The Hall–Kier alpha value is -1.03. The normalized spacial score (nSPS) is 24.7. The van der Waals surface area contributed by atoms with Crippen LogP contribution in [0.3, 0.4) is 0 Å². The van der Waals surface area contributed by atoms with Crippen LogP contribution in [0.15, 0.2) is 12.2 Å². The topological polar surface area (TPSA) is 120 Å². The van der Waals surface area contributed by atoms with Crippen molar-refractivity contribution in [2.45, 2.75) is 165 Å². The number of aliphatic hydroxyl groups is 2. The Morgan fingerprint density at radius 3 is 2.22 bits per heavy atom. The summed E-state index contributed by atoms with van der Waals surface area (Å²) in [6.45, 7) is 3.40. The van der Waals surface area contributed by atoms with Crippen LogP contribution in [0.5, 0.6) is 0 Å². The zero-order chi connectivity index (χ0) is 29.6. The molecule has 2 bridgehead atoms. The highest BCUT2D eigenvalue weighted by atomic mass is 16.8. The number of unbranched alkanes of at least 4 members (excludes halogenated alkanes) is 14. The highest BCUT2D eigenvalue weighted by Crippen LogP contribution is 2.44. The molecule has 2 heterocycles. The third-order valence-electron chi connectivity index (χ3n) is 8.35. The lowest BCUT2D eigenvalue weighted by atomic mass is 9.94. The summed E-state index contributed by atoms with van der Waals surface area (Å²) in [5.41, 5.74) is 5.61. The second kappa shape index (κ2) is 22.5. The average molecular weight is 584 g/mol. The van der Waals surface area contributed by atoms with Crippen LogP contribution in [0.1, 0.15) is 135 Å². The number of carbonyl (C=O) groups excluding carboxylic acids is 1. The van der Waals surface area contributed by atoms with E-state index in [1.807, 2.05) is 6.08 Å². The van der Waals surface area contributed by atoms with Gasteiger partial charge in [0, 0.05) is 25.5 Å². The van der Waals surface area contributed by atoms with E-state index in [1.165, 1.54) is 76.7 Å². The molecule has 8 heteroatoms. The first kappa shape index (κ1) is 36.2. The highest BCUT2D eigenvalue weighted by Gasteiger charge is 2.52. The maximum absolute atomic E-state index is 11.4. The Morgan fingerprint density at radius 2 is 1.59 bits per heavy atom. The van der Waals surface area contributed by atoms with Gasteiger partial charge in [-0.25, -0.2) is 4.79 Å². The fourth-order valence-electron chi connectivity index (χ4n) is 5.94. The molecule has 2 aliphatic rings. The summed E-state index contributed by atoms with van der Waals surface area (Å²) in [5.74, 6) is -0.767. The van der Waals surface area contributed by atoms with Gasteiger partial charge in [-0.2, -0.15) is 0 Å². The number of rotatable bonds is 26. The number of ether oxygens (including phenoxy) is 4. The summed E-state index contributed by atoms with van der Waals surface area (Å²) in [4.78, 5) is 11.4. The summed E-state index contributed by atoms with van der Waals surface area (Å²) in [6.07, 6.45) is 25.4. The molecule has 0 aliphatic carbocycles. The minimum absolute atomic E-state index is 0.0117. The number of aliphatic hydroxyl groups excluding tert-OH is 2. The van der Waals surface area contributed by atoms with Crippen LogP contribution in [0.2, 0.25) is 0 Å². The summed E-state index contributed by atoms with van der Waals surface area (Å²) in [7, 11) is 0. The maximum atomic E-state index is 11.4. The van der Waals surface area contributed by atoms with Gasteiger partial charge < -0.3 is 34.9 Å². The second-order valence-electron chi connectivity index (χ2n) is 12.1. The number of esters is 1. The fraction of sp³-hybridized carbons (Fsp3) is 0.909. The molecule has 2 fully saturated rings. The number of fused-ring (bicyclic) bond motifs is 2. The van der Waals surface area contributed by atoms with E-state index in [-0.39, 0.29) is 30.8 Å². The molecule has 4 N–H and O–H groups in total. The fourth-order valence-corrected chi connectivity index (χ4v) is 5.94. The van der Waals surface area contributed by atoms with Gasteiger partial charge in [0.1, 0.15) is 6.10 Å². The van der Waals surface area contributed by atoms with Gasteiger partial charge in [0.2, 0.25) is 0 Å². The van der Waals surface area contributed by atoms with Crippen molar-refractivity contribution in [1.29, 1.82) is 0 Å². The quantitative estimate of drug-likeness (QED) is 0.0635. The molecule has 5 atom stereocenters. The molecular weight excluding hydrogens is 522 g/mol. The number of hydrogen-bond donors (Lipinski definition) is 3. The Bertz CT molecular complexity index is 690. The van der Waals surface area contributed by atoms with Crippen molar-refractivity contribution in [2.24, 2.45) is 5.73 Å². The first-order chi connectivity index (χ1) is 20.0. The predicted molar refractivity (Wildman–Crippen MR) is 162 cm³/mol. The molecule has 240 valence electrons. The van der Waals surface area contributed by atoms with Gasteiger partial charge >= 0.3 is 5.97 Å². The standard InChI is InChI=1S/C33H61NO7/c1-2-39-31(37)21-17-13-12-16-20-30-32-29(36)22-24-33(40-30,41-32)23-18-14-10-8-6-4-3-5-7-9-11-15-19-25-38-27-28(34)26-35/h17,21,28-30,32,35-36H,2-16,18-20,22-27,34H2,1H3. The van der Waals surface area contributed by atoms with Gasteiger partial charge in [-0.1, -0.05) is 83.1 Å². The Morgan fingerprint density at radius 1 is 0.951 bits per heavy atom. The first-order valence-corrected chi connectivity index (χ1v) is 16.8. The van der Waals surface area contributed by atoms with Crippen LogP contribution in [0.25, 0.3) is 0 Å². The molecule has 2 rings (SSSR count). The van der Waals surface area contributed by atoms with Gasteiger partial charge in [0.15, 0.2) is 5.79 Å². The van der Waals surface area contributed by atoms with Crippen LogP contribution in [-0.4, -0.2) is 72.8 Å². The SMILES string of the molecule is CCOC(=O)C=CCCCCC1OC2(CCCCCCCCCCCCCCCOCC(N)CO)CCC(O)C1O2. The van der Waals surface area contributed by atoms with E-state index in [1.54, 1.807) is 6.92 Å². The molecule has 0 saturated carbocycles. The van der Waals surface area contributed by atoms with Crippen molar-refractivity contribution in [3.8, 4) is 0 Å². The monoisotopic (exact) mass is 583 g/mol. The first-order valence-electron chi connectivity index (χ1n) is 16.8. The predicted octanol–water partition coefficient (Wildman–Crippen LogP) is 6.10. The summed E-state index contributed by atoms with van der Waals surface area (Å²) < 4.78 is 23.1. The smallest absolute Gasteiger partial charge is 0.330 e. The molecular formula is C33H61NO7. The van der Waals surface area contributed by atoms with E-state index in [0.29, 0.717) is 13.2 Å². The molecule has 0 aromatic rings. The van der Waals surface area contributed by atoms with Gasteiger partial charge in [-0.15, -0.1) is 0 Å². The minimum atomic E-state index is -0.487. The summed E-state index contributed by atoms with van der Waals surface area (Å²) in [5, 5.41) is 19.3. The van der Waals surface area contributed by atoms with Crippen LogP contribution < -0.4 is 5.73 Å². The van der Waals surface area contributed by atoms with Gasteiger partial charge in [0.25, 0.3) is 0 Å². The second-order valence-corrected chi connectivity index (χ2v) is 12.1. The van der Waals surface area contributed by atoms with Crippen molar-refractivity contribution in [1.82, 2.24) is 0 Å². The zero-order valence-electron chi connectivity index (χ0n) is 25.9. The lowest BCUT2D eigenvalue weighted by molar-refractivity contribution is -0.214. The zero-order valence-corrected chi connectivity index (χ0v) is 25.9. The van der Waals surface area contributed by atoms with Crippen molar-refractivity contribution in [3.05, 3.63) is 12.2 Å². The molecule has 0 spiro atoms. The van der Waals surface area contributed by atoms with E-state index in [9.17, 15) is 9.90 Å². The molecule has 0 aromatic carbocycles. The van der Waals surface area contributed by atoms with Crippen molar-refractivity contribution >= 4 is 5.97 Å². The molecule has 5 unspecified atom stereocenters. The van der Waals surface area contributed by atoms with E-state index >= 15 is 0 Å². The van der Waals surface area contributed by atoms with Crippen LogP contribution in [0, 0.1) is 0 Å². The minimum Gasteiger partial charge on any atom is -0.463 e. The summed E-state index contributed by atoms with van der Waals surface area (Å²) in [6, 6.07) is -0.248. The third-order valence-corrected chi connectivity index (χ3v) is 8.35. The Labute approximate surface area is 249 Å². The average Bonchev–Trinajstić information content (AvgIpc) is 3.27. The van der Waals surface area contributed by atoms with Crippen molar-refractivity contribution in [3.63, 3.8) is 0 Å². The molecule has 0 aromatic heterocycles. The Kier molecular flexibility index (Phi) is 19.8. The highest BCUT2D eigenvalue weighted by molar-refractivity contribution is 5.81. The van der Waals surface area contributed by atoms with E-state index < -0.39 is 11.9 Å².